The molecule has 0 radical (unpaired) electrons. The lowest BCUT2D eigenvalue weighted by molar-refractivity contribution is -0.117. The Bertz CT molecular complexity index is 1150. The second-order valence-corrected chi connectivity index (χ2v) is 7.13. The first-order valence-corrected chi connectivity index (χ1v) is 10.0. The molecule has 0 saturated carbocycles. The summed E-state index contributed by atoms with van der Waals surface area (Å²) in [5.74, 6) is -0.783. The van der Waals surface area contributed by atoms with E-state index in [2.05, 4.69) is 10.6 Å². The van der Waals surface area contributed by atoms with Gasteiger partial charge in [0.15, 0.2) is 0 Å². The van der Waals surface area contributed by atoms with E-state index < -0.39 is 5.91 Å². The van der Waals surface area contributed by atoms with Crippen LogP contribution in [0.2, 0.25) is 5.02 Å². The SMILES string of the molecule is N#C/C(=C\c1cccc(NC(=O)c2ccccc2Cl)c1)C(=O)NCCc1ccccc1. The Morgan fingerprint density at radius 2 is 1.71 bits per heavy atom. The van der Waals surface area contributed by atoms with E-state index in [-0.39, 0.29) is 11.5 Å². The molecule has 0 fully saturated rings. The van der Waals surface area contributed by atoms with Gasteiger partial charge in [-0.3, -0.25) is 9.59 Å². The zero-order valence-corrected chi connectivity index (χ0v) is 17.4. The molecule has 2 N–H and O–H groups in total. The zero-order valence-electron chi connectivity index (χ0n) is 16.6. The molecule has 0 spiro atoms. The lowest BCUT2D eigenvalue weighted by atomic mass is 10.1. The van der Waals surface area contributed by atoms with Gasteiger partial charge in [-0.2, -0.15) is 5.26 Å². The number of hydrogen-bond donors (Lipinski definition) is 2. The Labute approximate surface area is 186 Å². The summed E-state index contributed by atoms with van der Waals surface area (Å²) in [5.41, 5.74) is 2.60. The van der Waals surface area contributed by atoms with Crippen LogP contribution in [-0.2, 0) is 11.2 Å². The molecule has 2 amide bonds. The third-order valence-electron chi connectivity index (χ3n) is 4.48. The number of benzene rings is 3. The molecule has 0 saturated heterocycles. The van der Waals surface area contributed by atoms with Gasteiger partial charge in [-0.25, -0.2) is 0 Å². The number of nitrogens with one attached hydrogen (secondary N) is 2. The Morgan fingerprint density at radius 1 is 0.968 bits per heavy atom. The fraction of sp³-hybridized carbons (Fsp3) is 0.0800. The molecule has 3 aromatic rings. The highest BCUT2D eigenvalue weighted by molar-refractivity contribution is 6.34. The van der Waals surface area contributed by atoms with Gasteiger partial charge in [0.05, 0.1) is 10.6 Å². The van der Waals surface area contributed by atoms with E-state index in [1.54, 1.807) is 48.5 Å². The molecule has 0 unspecified atom stereocenters. The highest BCUT2D eigenvalue weighted by Crippen LogP contribution is 2.19. The van der Waals surface area contributed by atoms with Crippen LogP contribution >= 0.6 is 11.6 Å². The first-order valence-electron chi connectivity index (χ1n) is 9.66. The van der Waals surface area contributed by atoms with Gasteiger partial charge in [0, 0.05) is 12.2 Å². The molecule has 5 nitrogen and oxygen atoms in total. The van der Waals surface area contributed by atoms with Crippen LogP contribution < -0.4 is 10.6 Å². The molecule has 0 aliphatic carbocycles. The van der Waals surface area contributed by atoms with Gasteiger partial charge in [-0.1, -0.05) is 66.2 Å². The Balaban J connectivity index is 1.65. The third-order valence-corrected chi connectivity index (χ3v) is 4.81. The summed E-state index contributed by atoms with van der Waals surface area (Å²) in [6, 6.07) is 25.4. The minimum absolute atomic E-state index is 0.0114. The topological polar surface area (TPSA) is 82.0 Å². The van der Waals surface area contributed by atoms with Crippen molar-refractivity contribution in [3.63, 3.8) is 0 Å². The van der Waals surface area contributed by atoms with E-state index in [0.29, 0.717) is 34.8 Å². The summed E-state index contributed by atoms with van der Waals surface area (Å²) in [6.07, 6.45) is 2.16. The third kappa shape index (κ3) is 6.30. The molecule has 0 bridgehead atoms. The summed E-state index contributed by atoms with van der Waals surface area (Å²) in [5, 5.41) is 15.3. The van der Waals surface area contributed by atoms with Crippen molar-refractivity contribution in [3.05, 3.63) is 106 Å². The van der Waals surface area contributed by atoms with E-state index in [1.165, 1.54) is 6.08 Å². The first-order chi connectivity index (χ1) is 15.1. The standard InChI is InChI=1S/C25H20ClN3O2/c26-23-12-5-4-11-22(23)25(31)29-21-10-6-9-19(16-21)15-20(17-27)24(30)28-14-13-18-7-2-1-3-8-18/h1-12,15-16H,13-14H2,(H,28,30)(H,29,31)/b20-15+. The van der Waals surface area contributed by atoms with Crippen molar-refractivity contribution in [2.24, 2.45) is 0 Å². The average Bonchev–Trinajstić information content (AvgIpc) is 2.78. The Kier molecular flexibility index (Phi) is 7.58. The average molecular weight is 430 g/mol. The van der Waals surface area contributed by atoms with Crippen LogP contribution in [0.15, 0.2) is 84.4 Å². The first kappa shape index (κ1) is 21.8. The van der Waals surface area contributed by atoms with Gasteiger partial charge < -0.3 is 10.6 Å². The van der Waals surface area contributed by atoms with Crippen molar-refractivity contribution in [1.82, 2.24) is 5.32 Å². The van der Waals surface area contributed by atoms with Gasteiger partial charge in [-0.05, 0) is 47.9 Å². The fourth-order valence-corrected chi connectivity index (χ4v) is 3.15. The highest BCUT2D eigenvalue weighted by Gasteiger charge is 2.11. The summed E-state index contributed by atoms with van der Waals surface area (Å²) in [4.78, 5) is 24.8. The van der Waals surface area contributed by atoms with E-state index >= 15 is 0 Å². The normalized spacial score (nSPS) is 10.8. The van der Waals surface area contributed by atoms with Crippen LogP contribution in [0.5, 0.6) is 0 Å². The molecular formula is C25H20ClN3O2. The molecular weight excluding hydrogens is 410 g/mol. The number of nitriles is 1. The van der Waals surface area contributed by atoms with Gasteiger partial charge in [0.25, 0.3) is 11.8 Å². The molecule has 3 rings (SSSR count). The van der Waals surface area contributed by atoms with Crippen LogP contribution in [0.25, 0.3) is 6.08 Å². The maximum Gasteiger partial charge on any atom is 0.261 e. The fourth-order valence-electron chi connectivity index (χ4n) is 2.93. The number of carbonyl (C=O) groups is 2. The lowest BCUT2D eigenvalue weighted by Gasteiger charge is -2.08. The van der Waals surface area contributed by atoms with E-state index in [4.69, 9.17) is 11.6 Å². The van der Waals surface area contributed by atoms with Crippen LogP contribution in [0, 0.1) is 11.3 Å². The highest BCUT2D eigenvalue weighted by atomic mass is 35.5. The van der Waals surface area contributed by atoms with Crippen molar-refractivity contribution in [2.45, 2.75) is 6.42 Å². The van der Waals surface area contributed by atoms with Crippen molar-refractivity contribution in [1.29, 1.82) is 5.26 Å². The monoisotopic (exact) mass is 429 g/mol. The summed E-state index contributed by atoms with van der Waals surface area (Å²) >= 11 is 6.07. The van der Waals surface area contributed by atoms with Gasteiger partial charge in [0.1, 0.15) is 11.6 Å². The van der Waals surface area contributed by atoms with Gasteiger partial charge in [0.2, 0.25) is 0 Å². The molecule has 0 aliphatic heterocycles. The molecule has 6 heteroatoms. The van der Waals surface area contributed by atoms with E-state index in [9.17, 15) is 14.9 Å². The second-order valence-electron chi connectivity index (χ2n) is 6.72. The lowest BCUT2D eigenvalue weighted by Crippen LogP contribution is -2.26. The number of anilines is 1. The number of carbonyl (C=O) groups excluding carboxylic acids is 2. The van der Waals surface area contributed by atoms with Crippen LogP contribution in [-0.4, -0.2) is 18.4 Å². The largest absolute Gasteiger partial charge is 0.351 e. The van der Waals surface area contributed by atoms with E-state index in [1.807, 2.05) is 36.4 Å². The number of rotatable bonds is 7. The van der Waals surface area contributed by atoms with E-state index in [0.717, 1.165) is 5.56 Å². The minimum atomic E-state index is -0.441. The van der Waals surface area contributed by atoms with Gasteiger partial charge in [-0.15, -0.1) is 0 Å². The molecule has 0 atom stereocenters. The number of nitrogens with zero attached hydrogens (tertiary/aromatic N) is 1. The molecule has 0 heterocycles. The second kappa shape index (κ2) is 10.8. The molecule has 0 aliphatic rings. The van der Waals surface area contributed by atoms with Crippen LogP contribution in [0.1, 0.15) is 21.5 Å². The summed E-state index contributed by atoms with van der Waals surface area (Å²) < 4.78 is 0. The van der Waals surface area contributed by atoms with Crippen molar-refractivity contribution in [2.75, 3.05) is 11.9 Å². The summed E-state index contributed by atoms with van der Waals surface area (Å²) in [6.45, 7) is 0.426. The van der Waals surface area contributed by atoms with Crippen LogP contribution in [0.4, 0.5) is 5.69 Å². The smallest absolute Gasteiger partial charge is 0.261 e. The van der Waals surface area contributed by atoms with Crippen molar-refractivity contribution < 1.29 is 9.59 Å². The van der Waals surface area contributed by atoms with Gasteiger partial charge >= 0.3 is 0 Å². The number of halogens is 1. The maximum atomic E-state index is 12.4. The molecule has 3 aromatic carbocycles. The Morgan fingerprint density at radius 3 is 2.45 bits per heavy atom. The van der Waals surface area contributed by atoms with Crippen LogP contribution in [0.3, 0.4) is 0 Å². The molecule has 154 valence electrons. The molecule has 31 heavy (non-hydrogen) atoms. The minimum Gasteiger partial charge on any atom is -0.351 e. The number of amides is 2. The predicted octanol–water partition coefficient (Wildman–Crippen LogP) is 4.86. The predicted molar refractivity (Wildman–Crippen MR) is 123 cm³/mol. The zero-order chi connectivity index (χ0) is 22.1. The van der Waals surface area contributed by atoms with Crippen molar-refractivity contribution in [3.8, 4) is 6.07 Å². The maximum absolute atomic E-state index is 12.4. The summed E-state index contributed by atoms with van der Waals surface area (Å²) in [7, 11) is 0. The quantitative estimate of drug-likeness (QED) is 0.415. The van der Waals surface area contributed by atoms with Crippen molar-refractivity contribution >= 4 is 35.2 Å². The molecule has 0 aromatic heterocycles. The Hall–Kier alpha value is -3.88. The number of hydrogen-bond acceptors (Lipinski definition) is 3.